The summed E-state index contributed by atoms with van der Waals surface area (Å²) in [7, 11) is 0. The van der Waals surface area contributed by atoms with Gasteiger partial charge in [0, 0.05) is 47.8 Å². The van der Waals surface area contributed by atoms with Gasteiger partial charge in [0.1, 0.15) is 0 Å². The van der Waals surface area contributed by atoms with Gasteiger partial charge in [-0.1, -0.05) is 33.6 Å². The molecule has 2 unspecified atom stereocenters. The maximum absolute atomic E-state index is 6.41. The van der Waals surface area contributed by atoms with Gasteiger partial charge in [0.25, 0.3) is 0 Å². The van der Waals surface area contributed by atoms with Crippen LogP contribution in [0, 0.1) is 0 Å². The Morgan fingerprint density at radius 3 is 2.95 bits per heavy atom. The molecule has 3 nitrogen and oxygen atoms in total. The number of hydrogen-bond acceptors (Lipinski definition) is 3. The van der Waals surface area contributed by atoms with E-state index in [1.807, 2.05) is 6.07 Å². The Morgan fingerprint density at radius 1 is 1.35 bits per heavy atom. The Labute approximate surface area is 134 Å². The summed E-state index contributed by atoms with van der Waals surface area (Å²) in [4.78, 5) is 5.13. The van der Waals surface area contributed by atoms with E-state index in [0.29, 0.717) is 12.6 Å². The molecule has 2 atom stereocenters. The Bertz CT molecular complexity index is 482. The number of fused-ring (bicyclic) bond motifs is 1. The molecule has 0 aliphatic carbocycles. The van der Waals surface area contributed by atoms with Crippen LogP contribution in [0.4, 0.5) is 0 Å². The minimum Gasteiger partial charge on any atom is -0.329 e. The molecule has 1 aromatic carbocycles. The number of halogens is 2. The summed E-state index contributed by atoms with van der Waals surface area (Å²) in [6.45, 7) is 5.26. The lowest BCUT2D eigenvalue weighted by molar-refractivity contribution is 0.0737. The van der Waals surface area contributed by atoms with Gasteiger partial charge in [0.15, 0.2) is 0 Å². The van der Waals surface area contributed by atoms with Crippen molar-refractivity contribution >= 4 is 27.5 Å². The van der Waals surface area contributed by atoms with E-state index in [4.69, 9.17) is 17.3 Å². The van der Waals surface area contributed by atoms with E-state index in [2.05, 4.69) is 37.9 Å². The van der Waals surface area contributed by atoms with E-state index in [9.17, 15) is 0 Å². The molecule has 20 heavy (non-hydrogen) atoms. The van der Waals surface area contributed by atoms with Crippen molar-refractivity contribution in [3.8, 4) is 0 Å². The van der Waals surface area contributed by atoms with Crippen molar-refractivity contribution in [2.45, 2.75) is 24.9 Å². The van der Waals surface area contributed by atoms with Crippen molar-refractivity contribution in [1.82, 2.24) is 9.80 Å². The third-order valence-electron chi connectivity index (χ3n) is 4.60. The molecular formula is C15H21BrClN3. The summed E-state index contributed by atoms with van der Waals surface area (Å²) in [6.07, 6.45) is 2.66. The minimum atomic E-state index is 0.235. The lowest BCUT2D eigenvalue weighted by Crippen LogP contribution is -2.52. The molecule has 3 rings (SSSR count). The van der Waals surface area contributed by atoms with E-state index in [-0.39, 0.29) is 6.04 Å². The Balaban J connectivity index is 1.79. The highest BCUT2D eigenvalue weighted by Crippen LogP contribution is 2.32. The van der Waals surface area contributed by atoms with Crippen LogP contribution >= 0.6 is 27.5 Å². The lowest BCUT2D eigenvalue weighted by atomic mass is 10.0. The average molecular weight is 359 g/mol. The van der Waals surface area contributed by atoms with E-state index in [1.165, 1.54) is 19.4 Å². The lowest BCUT2D eigenvalue weighted by Gasteiger charge is -2.41. The number of benzene rings is 1. The number of nitrogens with two attached hydrogens (primary N) is 1. The second-order valence-corrected chi connectivity index (χ2v) is 7.07. The van der Waals surface area contributed by atoms with Gasteiger partial charge in [-0.15, -0.1) is 0 Å². The number of piperazine rings is 1. The van der Waals surface area contributed by atoms with Gasteiger partial charge in [0.2, 0.25) is 0 Å². The van der Waals surface area contributed by atoms with E-state index < -0.39 is 0 Å². The Morgan fingerprint density at radius 2 is 2.20 bits per heavy atom. The quantitative estimate of drug-likeness (QED) is 0.902. The van der Waals surface area contributed by atoms with E-state index >= 15 is 0 Å². The second kappa shape index (κ2) is 6.32. The summed E-state index contributed by atoms with van der Waals surface area (Å²) in [5.74, 6) is 0. The van der Waals surface area contributed by atoms with Crippen LogP contribution < -0.4 is 5.73 Å². The SMILES string of the molecule is NCC(c1ccc(Br)cc1Cl)N1CCN2CCCC2C1. The third-order valence-corrected chi connectivity index (χ3v) is 5.42. The van der Waals surface area contributed by atoms with Gasteiger partial charge < -0.3 is 5.73 Å². The number of nitrogens with zero attached hydrogens (tertiary/aromatic N) is 2. The smallest absolute Gasteiger partial charge is 0.0486 e. The fourth-order valence-corrected chi connectivity index (χ4v) is 4.34. The molecule has 2 aliphatic heterocycles. The van der Waals surface area contributed by atoms with Gasteiger partial charge in [0.05, 0.1) is 0 Å². The average Bonchev–Trinajstić information content (AvgIpc) is 2.89. The largest absolute Gasteiger partial charge is 0.329 e. The van der Waals surface area contributed by atoms with Crippen LogP contribution in [-0.2, 0) is 0 Å². The molecule has 0 radical (unpaired) electrons. The standard InChI is InChI=1S/C15H21BrClN3/c16-11-3-4-13(14(17)8-11)15(9-18)20-7-6-19-5-1-2-12(19)10-20/h3-4,8,12,15H,1-2,5-7,9-10,18H2. The normalized spacial score (nSPS) is 25.6. The third kappa shape index (κ3) is 2.90. The zero-order chi connectivity index (χ0) is 14.1. The van der Waals surface area contributed by atoms with E-state index in [1.54, 1.807) is 0 Å². The molecule has 5 heteroatoms. The van der Waals surface area contributed by atoms with Crippen LogP contribution in [0.3, 0.4) is 0 Å². The molecule has 0 bridgehead atoms. The van der Waals surface area contributed by atoms with Crippen molar-refractivity contribution in [2.75, 3.05) is 32.7 Å². The highest BCUT2D eigenvalue weighted by atomic mass is 79.9. The van der Waals surface area contributed by atoms with Crippen molar-refractivity contribution < 1.29 is 0 Å². The molecule has 0 spiro atoms. The van der Waals surface area contributed by atoms with Gasteiger partial charge >= 0.3 is 0 Å². The summed E-state index contributed by atoms with van der Waals surface area (Å²) in [5, 5.41) is 0.809. The molecule has 2 N–H and O–H groups in total. The van der Waals surface area contributed by atoms with Gasteiger partial charge in [-0.05, 0) is 37.1 Å². The molecule has 0 aromatic heterocycles. The predicted molar refractivity (Wildman–Crippen MR) is 87.1 cm³/mol. The molecule has 0 amide bonds. The maximum atomic E-state index is 6.41. The first-order chi connectivity index (χ1) is 9.69. The van der Waals surface area contributed by atoms with Crippen LogP contribution in [-0.4, -0.2) is 48.6 Å². The monoisotopic (exact) mass is 357 g/mol. The Hall–Kier alpha value is -0.130. The first-order valence-electron chi connectivity index (χ1n) is 7.32. The van der Waals surface area contributed by atoms with Crippen molar-refractivity contribution in [3.05, 3.63) is 33.3 Å². The molecule has 2 aliphatic rings. The second-order valence-electron chi connectivity index (χ2n) is 5.74. The maximum Gasteiger partial charge on any atom is 0.0486 e. The molecule has 0 saturated carbocycles. The zero-order valence-corrected chi connectivity index (χ0v) is 13.9. The van der Waals surface area contributed by atoms with Gasteiger partial charge in [-0.3, -0.25) is 9.80 Å². The van der Waals surface area contributed by atoms with Gasteiger partial charge in [-0.2, -0.15) is 0 Å². The highest BCUT2D eigenvalue weighted by molar-refractivity contribution is 9.10. The first kappa shape index (κ1) is 14.8. The van der Waals surface area contributed by atoms with Crippen molar-refractivity contribution in [1.29, 1.82) is 0 Å². The first-order valence-corrected chi connectivity index (χ1v) is 8.49. The number of rotatable bonds is 3. The topological polar surface area (TPSA) is 32.5 Å². The summed E-state index contributed by atoms with van der Waals surface area (Å²) < 4.78 is 1.02. The zero-order valence-electron chi connectivity index (χ0n) is 11.6. The minimum absolute atomic E-state index is 0.235. The predicted octanol–water partition coefficient (Wildman–Crippen LogP) is 2.88. The molecule has 1 aromatic rings. The van der Waals surface area contributed by atoms with Crippen molar-refractivity contribution in [3.63, 3.8) is 0 Å². The van der Waals surface area contributed by atoms with E-state index in [0.717, 1.165) is 34.7 Å². The number of hydrogen-bond donors (Lipinski definition) is 1. The summed E-state index contributed by atoms with van der Waals surface area (Å²) in [6, 6.07) is 7.07. The molecule has 110 valence electrons. The fourth-order valence-electron chi connectivity index (χ4n) is 3.54. The van der Waals surface area contributed by atoms with Crippen LogP contribution in [0.2, 0.25) is 5.02 Å². The van der Waals surface area contributed by atoms with Crippen LogP contribution in [0.5, 0.6) is 0 Å². The van der Waals surface area contributed by atoms with Crippen LogP contribution in [0.1, 0.15) is 24.4 Å². The summed E-state index contributed by atoms with van der Waals surface area (Å²) in [5.41, 5.74) is 7.21. The van der Waals surface area contributed by atoms with Crippen LogP contribution in [0.15, 0.2) is 22.7 Å². The Kier molecular flexibility index (Phi) is 4.68. The fraction of sp³-hybridized carbons (Fsp3) is 0.600. The molecule has 2 fully saturated rings. The molecular weight excluding hydrogens is 338 g/mol. The highest BCUT2D eigenvalue weighted by Gasteiger charge is 2.33. The summed E-state index contributed by atoms with van der Waals surface area (Å²) >= 11 is 9.88. The van der Waals surface area contributed by atoms with Crippen molar-refractivity contribution in [2.24, 2.45) is 5.73 Å². The van der Waals surface area contributed by atoms with Gasteiger partial charge in [-0.25, -0.2) is 0 Å². The molecule has 2 heterocycles. The van der Waals surface area contributed by atoms with Crippen LogP contribution in [0.25, 0.3) is 0 Å². The molecule has 2 saturated heterocycles.